The standard InChI is InChI=1S/C17H22N2S/c1-3-10-18-14(2)16-9-11-19-17(12-16)20-13-15-7-5-4-6-8-15/h4-9,11-12,14,18H,3,10,13H2,1-2H3. The van der Waals surface area contributed by atoms with Crippen molar-refractivity contribution in [3.05, 3.63) is 59.8 Å². The lowest BCUT2D eigenvalue weighted by molar-refractivity contribution is 0.569. The third-order valence-corrected chi connectivity index (χ3v) is 4.19. The molecule has 0 aliphatic rings. The van der Waals surface area contributed by atoms with Gasteiger partial charge in [-0.25, -0.2) is 4.98 Å². The second-order valence-electron chi connectivity index (χ2n) is 4.88. The summed E-state index contributed by atoms with van der Waals surface area (Å²) >= 11 is 1.79. The van der Waals surface area contributed by atoms with Crippen LogP contribution < -0.4 is 5.32 Å². The second-order valence-corrected chi connectivity index (χ2v) is 5.87. The summed E-state index contributed by atoms with van der Waals surface area (Å²) in [6.45, 7) is 5.44. The zero-order valence-corrected chi connectivity index (χ0v) is 13.0. The Morgan fingerprint density at radius 2 is 2.00 bits per heavy atom. The number of aromatic nitrogens is 1. The van der Waals surface area contributed by atoms with E-state index >= 15 is 0 Å². The molecule has 3 heteroatoms. The van der Waals surface area contributed by atoms with Gasteiger partial charge >= 0.3 is 0 Å². The summed E-state index contributed by atoms with van der Waals surface area (Å²) in [5, 5.41) is 4.61. The van der Waals surface area contributed by atoms with Gasteiger partial charge in [-0.15, -0.1) is 11.8 Å². The Balaban J connectivity index is 1.95. The predicted octanol–water partition coefficient (Wildman–Crippen LogP) is 4.43. The fraction of sp³-hybridized carbons (Fsp3) is 0.353. The summed E-state index contributed by atoms with van der Waals surface area (Å²) in [6, 6.07) is 15.2. The van der Waals surface area contributed by atoms with Crippen LogP contribution in [0.3, 0.4) is 0 Å². The number of hydrogen-bond acceptors (Lipinski definition) is 3. The number of pyridine rings is 1. The van der Waals surface area contributed by atoms with Crippen LogP contribution in [0.2, 0.25) is 0 Å². The third kappa shape index (κ3) is 4.66. The summed E-state index contributed by atoms with van der Waals surface area (Å²) in [5.41, 5.74) is 2.64. The minimum absolute atomic E-state index is 0.383. The minimum atomic E-state index is 0.383. The molecule has 1 atom stereocenters. The van der Waals surface area contributed by atoms with Crippen molar-refractivity contribution in [3.8, 4) is 0 Å². The Hall–Kier alpha value is -1.32. The molecule has 0 bridgehead atoms. The molecule has 1 N–H and O–H groups in total. The zero-order valence-electron chi connectivity index (χ0n) is 12.2. The van der Waals surface area contributed by atoms with Crippen molar-refractivity contribution < 1.29 is 0 Å². The van der Waals surface area contributed by atoms with E-state index in [4.69, 9.17) is 0 Å². The molecule has 0 amide bonds. The predicted molar refractivity (Wildman–Crippen MR) is 86.9 cm³/mol. The lowest BCUT2D eigenvalue weighted by Gasteiger charge is -2.14. The molecule has 0 saturated heterocycles. The van der Waals surface area contributed by atoms with Gasteiger partial charge in [-0.3, -0.25) is 0 Å². The van der Waals surface area contributed by atoms with E-state index in [0.29, 0.717) is 6.04 Å². The molecule has 106 valence electrons. The molecule has 0 radical (unpaired) electrons. The lowest BCUT2D eigenvalue weighted by Crippen LogP contribution is -2.19. The van der Waals surface area contributed by atoms with Crippen molar-refractivity contribution >= 4 is 11.8 Å². The smallest absolute Gasteiger partial charge is 0.0966 e. The average Bonchev–Trinajstić information content (AvgIpc) is 2.52. The molecule has 1 aromatic carbocycles. The van der Waals surface area contributed by atoms with Gasteiger partial charge < -0.3 is 5.32 Å². The Morgan fingerprint density at radius 1 is 1.20 bits per heavy atom. The number of nitrogens with one attached hydrogen (secondary N) is 1. The van der Waals surface area contributed by atoms with Gasteiger partial charge in [0.25, 0.3) is 0 Å². The van der Waals surface area contributed by atoms with Crippen LogP contribution in [0.25, 0.3) is 0 Å². The van der Waals surface area contributed by atoms with Crippen LogP contribution in [-0.4, -0.2) is 11.5 Å². The molecule has 1 heterocycles. The van der Waals surface area contributed by atoms with Crippen LogP contribution in [0.5, 0.6) is 0 Å². The largest absolute Gasteiger partial charge is 0.310 e. The topological polar surface area (TPSA) is 24.9 Å². The number of rotatable bonds is 7. The summed E-state index contributed by atoms with van der Waals surface area (Å²) in [5.74, 6) is 0.966. The maximum atomic E-state index is 4.45. The molecule has 20 heavy (non-hydrogen) atoms. The Bertz CT molecular complexity index is 513. The summed E-state index contributed by atoms with van der Waals surface area (Å²) in [7, 11) is 0. The monoisotopic (exact) mass is 286 g/mol. The number of benzene rings is 1. The molecule has 2 aromatic rings. The number of hydrogen-bond donors (Lipinski definition) is 1. The van der Waals surface area contributed by atoms with E-state index in [1.165, 1.54) is 11.1 Å². The van der Waals surface area contributed by atoms with Gasteiger partial charge in [0, 0.05) is 18.0 Å². The first-order valence-electron chi connectivity index (χ1n) is 7.15. The average molecular weight is 286 g/mol. The molecule has 0 saturated carbocycles. The van der Waals surface area contributed by atoms with Crippen molar-refractivity contribution in [2.75, 3.05) is 6.54 Å². The quantitative estimate of drug-likeness (QED) is 0.762. The molecular formula is C17H22N2S. The molecule has 0 fully saturated rings. The lowest BCUT2D eigenvalue weighted by atomic mass is 10.1. The number of nitrogens with zero attached hydrogens (tertiary/aromatic N) is 1. The summed E-state index contributed by atoms with van der Waals surface area (Å²) in [6.07, 6.45) is 3.07. The van der Waals surface area contributed by atoms with Crippen LogP contribution >= 0.6 is 11.8 Å². The van der Waals surface area contributed by atoms with Gasteiger partial charge in [0.05, 0.1) is 5.03 Å². The van der Waals surface area contributed by atoms with E-state index in [-0.39, 0.29) is 0 Å². The SMILES string of the molecule is CCCNC(C)c1ccnc(SCc2ccccc2)c1. The maximum absolute atomic E-state index is 4.45. The zero-order chi connectivity index (χ0) is 14.2. The van der Waals surface area contributed by atoms with Crippen molar-refractivity contribution in [3.63, 3.8) is 0 Å². The first-order valence-corrected chi connectivity index (χ1v) is 8.14. The van der Waals surface area contributed by atoms with Gasteiger partial charge in [0.2, 0.25) is 0 Å². The second kappa shape index (κ2) is 8.08. The highest BCUT2D eigenvalue weighted by atomic mass is 32.2. The first kappa shape index (κ1) is 15.1. The van der Waals surface area contributed by atoms with Gasteiger partial charge in [-0.1, -0.05) is 37.3 Å². The number of thioether (sulfide) groups is 1. The molecule has 1 aromatic heterocycles. The van der Waals surface area contributed by atoms with Gasteiger partial charge in [0.15, 0.2) is 0 Å². The minimum Gasteiger partial charge on any atom is -0.310 e. The van der Waals surface area contributed by atoms with E-state index in [9.17, 15) is 0 Å². The van der Waals surface area contributed by atoms with Crippen molar-refractivity contribution in [2.45, 2.75) is 37.1 Å². The highest BCUT2D eigenvalue weighted by molar-refractivity contribution is 7.98. The van der Waals surface area contributed by atoms with Crippen LogP contribution in [0.1, 0.15) is 37.4 Å². The van der Waals surface area contributed by atoms with Gasteiger partial charge in [-0.2, -0.15) is 0 Å². The van der Waals surface area contributed by atoms with E-state index in [0.717, 1.165) is 23.7 Å². The fourth-order valence-electron chi connectivity index (χ4n) is 1.98. The Morgan fingerprint density at radius 3 is 2.75 bits per heavy atom. The molecule has 2 nitrogen and oxygen atoms in total. The molecule has 0 aliphatic carbocycles. The Kier molecular flexibility index (Phi) is 6.09. The van der Waals surface area contributed by atoms with E-state index in [2.05, 4.69) is 60.5 Å². The summed E-state index contributed by atoms with van der Waals surface area (Å²) < 4.78 is 0. The fourth-order valence-corrected chi connectivity index (χ4v) is 2.85. The third-order valence-electron chi connectivity index (χ3n) is 3.19. The molecule has 1 unspecified atom stereocenters. The highest BCUT2D eigenvalue weighted by Crippen LogP contribution is 2.23. The van der Waals surface area contributed by atoms with Gasteiger partial charge in [-0.05, 0) is 43.1 Å². The molecule has 2 rings (SSSR count). The van der Waals surface area contributed by atoms with E-state index in [1.54, 1.807) is 11.8 Å². The van der Waals surface area contributed by atoms with Crippen LogP contribution in [0.15, 0.2) is 53.7 Å². The first-order chi connectivity index (χ1) is 9.79. The summed E-state index contributed by atoms with van der Waals surface area (Å²) in [4.78, 5) is 4.45. The normalized spacial score (nSPS) is 12.3. The molecule has 0 aliphatic heterocycles. The van der Waals surface area contributed by atoms with Crippen molar-refractivity contribution in [1.29, 1.82) is 0 Å². The van der Waals surface area contributed by atoms with Crippen molar-refractivity contribution in [1.82, 2.24) is 10.3 Å². The van der Waals surface area contributed by atoms with E-state index in [1.807, 2.05) is 12.3 Å². The van der Waals surface area contributed by atoms with E-state index < -0.39 is 0 Å². The molecule has 0 spiro atoms. The Labute approximate surface area is 126 Å². The van der Waals surface area contributed by atoms with Crippen LogP contribution in [-0.2, 0) is 5.75 Å². The highest BCUT2D eigenvalue weighted by Gasteiger charge is 2.06. The van der Waals surface area contributed by atoms with Gasteiger partial charge in [0.1, 0.15) is 0 Å². The van der Waals surface area contributed by atoms with Crippen LogP contribution in [0, 0.1) is 0 Å². The van der Waals surface area contributed by atoms with Crippen LogP contribution in [0.4, 0.5) is 0 Å². The molecular weight excluding hydrogens is 264 g/mol. The maximum Gasteiger partial charge on any atom is 0.0966 e. The van der Waals surface area contributed by atoms with Crippen molar-refractivity contribution in [2.24, 2.45) is 0 Å².